The number of benzene rings is 1. The second-order valence-electron chi connectivity index (χ2n) is 4.77. The van der Waals surface area contributed by atoms with Crippen molar-refractivity contribution in [2.45, 2.75) is 25.8 Å². The van der Waals surface area contributed by atoms with Crippen molar-refractivity contribution in [1.29, 1.82) is 0 Å². The smallest absolute Gasteiger partial charge is 0.120 e. The maximum Gasteiger partial charge on any atom is 0.120 e. The van der Waals surface area contributed by atoms with E-state index in [2.05, 4.69) is 24.0 Å². The second kappa shape index (κ2) is 5.41. The summed E-state index contributed by atoms with van der Waals surface area (Å²) in [6, 6.07) is 8.60. The van der Waals surface area contributed by atoms with Crippen molar-refractivity contribution >= 4 is 5.69 Å². The third-order valence-corrected chi connectivity index (χ3v) is 3.72. The van der Waals surface area contributed by atoms with Crippen LogP contribution in [0.25, 0.3) is 0 Å². The van der Waals surface area contributed by atoms with Crippen molar-refractivity contribution in [3.8, 4) is 5.75 Å². The van der Waals surface area contributed by atoms with Gasteiger partial charge in [0.05, 0.1) is 7.11 Å². The summed E-state index contributed by atoms with van der Waals surface area (Å²) in [4.78, 5) is 2.41. The zero-order valence-electron chi connectivity index (χ0n) is 10.7. The van der Waals surface area contributed by atoms with Crippen LogP contribution in [0.5, 0.6) is 5.75 Å². The van der Waals surface area contributed by atoms with Gasteiger partial charge in [-0.05, 0) is 30.9 Å². The van der Waals surface area contributed by atoms with Crippen LogP contribution >= 0.6 is 0 Å². The summed E-state index contributed by atoms with van der Waals surface area (Å²) in [6.45, 7) is 4.34. The highest BCUT2D eigenvalue weighted by Crippen LogP contribution is 2.28. The van der Waals surface area contributed by atoms with Crippen LogP contribution in [0.3, 0.4) is 0 Å². The molecule has 1 aliphatic heterocycles. The average Bonchev–Trinajstić information content (AvgIpc) is 2.87. The molecule has 3 nitrogen and oxygen atoms in total. The van der Waals surface area contributed by atoms with Crippen LogP contribution in [0.4, 0.5) is 5.69 Å². The molecule has 1 aromatic rings. The molecule has 94 valence electrons. The summed E-state index contributed by atoms with van der Waals surface area (Å²) >= 11 is 0. The zero-order chi connectivity index (χ0) is 12.3. The average molecular weight is 234 g/mol. The van der Waals surface area contributed by atoms with Crippen molar-refractivity contribution in [3.63, 3.8) is 0 Å². The van der Waals surface area contributed by atoms with Crippen molar-refractivity contribution in [1.82, 2.24) is 0 Å². The van der Waals surface area contributed by atoms with Crippen LogP contribution in [0, 0.1) is 5.92 Å². The van der Waals surface area contributed by atoms with Gasteiger partial charge in [0.15, 0.2) is 0 Å². The lowest BCUT2D eigenvalue weighted by molar-refractivity contribution is 0.414. The fraction of sp³-hybridized carbons (Fsp3) is 0.571. The molecule has 0 aromatic heterocycles. The van der Waals surface area contributed by atoms with Crippen LogP contribution in [0.1, 0.15) is 19.8 Å². The Bertz CT molecular complexity index is 367. The molecule has 2 rings (SSSR count). The summed E-state index contributed by atoms with van der Waals surface area (Å²) in [5, 5.41) is 0. The number of rotatable bonds is 4. The van der Waals surface area contributed by atoms with Gasteiger partial charge in [0, 0.05) is 30.9 Å². The molecule has 0 radical (unpaired) electrons. The van der Waals surface area contributed by atoms with Gasteiger partial charge >= 0.3 is 0 Å². The number of hydrogen-bond donors (Lipinski definition) is 1. The first-order chi connectivity index (χ1) is 8.24. The summed E-state index contributed by atoms with van der Waals surface area (Å²) in [6.07, 6.45) is 2.27. The van der Waals surface area contributed by atoms with Crippen molar-refractivity contribution in [2.24, 2.45) is 11.7 Å². The number of methoxy groups -OCH3 is 1. The van der Waals surface area contributed by atoms with Gasteiger partial charge < -0.3 is 15.4 Å². The van der Waals surface area contributed by atoms with Crippen molar-refractivity contribution < 1.29 is 4.74 Å². The van der Waals surface area contributed by atoms with Crippen LogP contribution in [0.15, 0.2) is 24.3 Å². The lowest BCUT2D eigenvalue weighted by atomic mass is 9.98. The van der Waals surface area contributed by atoms with Gasteiger partial charge in [0.25, 0.3) is 0 Å². The first-order valence-electron chi connectivity index (χ1n) is 6.39. The lowest BCUT2D eigenvalue weighted by Crippen LogP contribution is -2.31. The third kappa shape index (κ3) is 2.72. The maximum absolute atomic E-state index is 6.12. The predicted octanol–water partition coefficient (Wildman–Crippen LogP) is 2.26. The number of anilines is 1. The standard InChI is InChI=1S/C14H22N2O/c1-3-14(15)11-7-8-16(10-11)12-5-4-6-13(9-12)17-2/h4-6,9,11,14H,3,7-8,10,15H2,1-2H3. The van der Waals surface area contributed by atoms with E-state index in [1.807, 2.05) is 12.1 Å². The Balaban J connectivity index is 2.04. The Hall–Kier alpha value is -1.22. The van der Waals surface area contributed by atoms with E-state index >= 15 is 0 Å². The second-order valence-corrected chi connectivity index (χ2v) is 4.77. The maximum atomic E-state index is 6.12. The van der Waals surface area contributed by atoms with E-state index in [0.29, 0.717) is 12.0 Å². The number of nitrogens with two attached hydrogens (primary N) is 1. The monoisotopic (exact) mass is 234 g/mol. The Labute approximate surface area is 104 Å². The molecule has 1 saturated heterocycles. The summed E-state index contributed by atoms with van der Waals surface area (Å²) in [5.41, 5.74) is 7.37. The SMILES string of the molecule is CCC(N)C1CCN(c2cccc(OC)c2)C1. The van der Waals surface area contributed by atoms with Crippen LogP contribution in [-0.2, 0) is 0 Å². The third-order valence-electron chi connectivity index (χ3n) is 3.72. The highest BCUT2D eigenvalue weighted by molar-refractivity contribution is 5.51. The summed E-state index contributed by atoms with van der Waals surface area (Å²) in [7, 11) is 1.71. The molecule has 0 amide bonds. The zero-order valence-corrected chi connectivity index (χ0v) is 10.7. The normalized spacial score (nSPS) is 21.6. The molecule has 0 aliphatic carbocycles. The van der Waals surface area contributed by atoms with Crippen LogP contribution in [-0.4, -0.2) is 26.2 Å². The number of ether oxygens (including phenoxy) is 1. The predicted molar refractivity (Wildman–Crippen MR) is 71.6 cm³/mol. The number of hydrogen-bond acceptors (Lipinski definition) is 3. The molecule has 1 heterocycles. The molecule has 2 unspecified atom stereocenters. The van der Waals surface area contributed by atoms with Crippen molar-refractivity contribution in [3.05, 3.63) is 24.3 Å². The fourth-order valence-electron chi connectivity index (χ4n) is 2.51. The largest absolute Gasteiger partial charge is 0.497 e. The number of nitrogens with zero attached hydrogens (tertiary/aromatic N) is 1. The summed E-state index contributed by atoms with van der Waals surface area (Å²) in [5.74, 6) is 1.55. The molecular weight excluding hydrogens is 212 g/mol. The van der Waals surface area contributed by atoms with Crippen molar-refractivity contribution in [2.75, 3.05) is 25.1 Å². The van der Waals surface area contributed by atoms with E-state index < -0.39 is 0 Å². The Morgan fingerprint density at radius 3 is 3.06 bits per heavy atom. The summed E-state index contributed by atoms with van der Waals surface area (Å²) < 4.78 is 5.26. The van der Waals surface area contributed by atoms with Crippen LogP contribution in [0.2, 0.25) is 0 Å². The van der Waals surface area contributed by atoms with Gasteiger partial charge in [-0.1, -0.05) is 13.0 Å². The molecule has 0 spiro atoms. The minimum absolute atomic E-state index is 0.339. The highest BCUT2D eigenvalue weighted by Gasteiger charge is 2.26. The quantitative estimate of drug-likeness (QED) is 0.868. The van der Waals surface area contributed by atoms with Gasteiger partial charge in [-0.2, -0.15) is 0 Å². The minimum atomic E-state index is 0.339. The molecule has 1 fully saturated rings. The molecule has 1 aromatic carbocycles. The Morgan fingerprint density at radius 2 is 2.35 bits per heavy atom. The molecule has 3 heteroatoms. The van der Waals surface area contributed by atoms with E-state index in [1.54, 1.807) is 7.11 Å². The van der Waals surface area contributed by atoms with E-state index in [-0.39, 0.29) is 0 Å². The van der Waals surface area contributed by atoms with Gasteiger partial charge in [0.1, 0.15) is 5.75 Å². The van der Waals surface area contributed by atoms with E-state index in [1.165, 1.54) is 12.1 Å². The first kappa shape index (κ1) is 12.2. The molecule has 0 saturated carbocycles. The first-order valence-corrected chi connectivity index (χ1v) is 6.39. The Kier molecular flexibility index (Phi) is 3.89. The van der Waals surface area contributed by atoms with Gasteiger partial charge in [-0.3, -0.25) is 0 Å². The molecule has 1 aliphatic rings. The van der Waals surface area contributed by atoms with Gasteiger partial charge in [0.2, 0.25) is 0 Å². The van der Waals surface area contributed by atoms with Gasteiger partial charge in [-0.25, -0.2) is 0 Å². The van der Waals surface area contributed by atoms with E-state index in [9.17, 15) is 0 Å². The molecular formula is C14H22N2O. The molecule has 0 bridgehead atoms. The van der Waals surface area contributed by atoms with E-state index in [4.69, 9.17) is 10.5 Å². The molecule has 17 heavy (non-hydrogen) atoms. The van der Waals surface area contributed by atoms with Crippen LogP contribution < -0.4 is 15.4 Å². The molecule has 2 atom stereocenters. The minimum Gasteiger partial charge on any atom is -0.497 e. The topological polar surface area (TPSA) is 38.5 Å². The highest BCUT2D eigenvalue weighted by atomic mass is 16.5. The van der Waals surface area contributed by atoms with E-state index in [0.717, 1.165) is 25.3 Å². The van der Waals surface area contributed by atoms with Gasteiger partial charge in [-0.15, -0.1) is 0 Å². The Morgan fingerprint density at radius 1 is 1.53 bits per heavy atom. The fourth-order valence-corrected chi connectivity index (χ4v) is 2.51. The lowest BCUT2D eigenvalue weighted by Gasteiger charge is -2.21. The molecule has 2 N–H and O–H groups in total.